The first-order chi connectivity index (χ1) is 8.72. The Hall–Kier alpha value is -0.470. The lowest BCUT2D eigenvalue weighted by Gasteiger charge is -2.38. The lowest BCUT2D eigenvalue weighted by Crippen LogP contribution is -2.44. The molecule has 0 N–H and O–H groups in total. The van der Waals surface area contributed by atoms with Gasteiger partial charge in [-0.15, -0.1) is 11.8 Å². The Morgan fingerprint density at radius 1 is 1.22 bits per heavy atom. The molecule has 1 aromatic carbocycles. The summed E-state index contributed by atoms with van der Waals surface area (Å²) < 4.78 is 0. The predicted octanol–water partition coefficient (Wildman–Crippen LogP) is 3.82. The fraction of sp³-hybridized carbons (Fsp3) is 0.625. The number of hydrogen-bond acceptors (Lipinski definition) is 2. The third kappa shape index (κ3) is 2.60. The number of nitrogens with zero attached hydrogens (tertiary/aromatic N) is 1. The number of likely N-dealkylation sites (tertiary alicyclic amines) is 1. The van der Waals surface area contributed by atoms with Gasteiger partial charge >= 0.3 is 0 Å². The molecule has 0 aliphatic carbocycles. The number of thioether (sulfide) groups is 1. The van der Waals surface area contributed by atoms with Gasteiger partial charge in [0.05, 0.1) is 0 Å². The van der Waals surface area contributed by atoms with Crippen molar-refractivity contribution in [2.45, 2.75) is 49.3 Å². The summed E-state index contributed by atoms with van der Waals surface area (Å²) in [7, 11) is 0. The first kappa shape index (κ1) is 12.6. The monoisotopic (exact) mass is 261 g/mol. The van der Waals surface area contributed by atoms with Crippen LogP contribution in [-0.2, 0) is 6.42 Å². The maximum atomic E-state index is 2.72. The van der Waals surface area contributed by atoms with Crippen LogP contribution in [-0.4, -0.2) is 29.3 Å². The molecule has 2 heterocycles. The Labute approximate surface area is 115 Å². The van der Waals surface area contributed by atoms with Gasteiger partial charge in [-0.3, -0.25) is 4.90 Å². The Bertz CT molecular complexity index is 392. The highest BCUT2D eigenvalue weighted by molar-refractivity contribution is 8.00. The molecule has 1 fully saturated rings. The van der Waals surface area contributed by atoms with Crippen LogP contribution in [0.1, 0.15) is 32.3 Å². The van der Waals surface area contributed by atoms with E-state index in [1.54, 1.807) is 5.56 Å². The van der Waals surface area contributed by atoms with Crippen LogP contribution in [0.15, 0.2) is 29.2 Å². The van der Waals surface area contributed by atoms with Crippen molar-refractivity contribution in [3.63, 3.8) is 0 Å². The predicted molar refractivity (Wildman–Crippen MR) is 79.2 cm³/mol. The molecule has 3 rings (SSSR count). The topological polar surface area (TPSA) is 3.24 Å². The summed E-state index contributed by atoms with van der Waals surface area (Å²) in [5, 5.41) is 0.773. The number of benzene rings is 1. The first-order valence-corrected chi connectivity index (χ1v) is 8.09. The molecule has 0 bridgehead atoms. The second-order valence-electron chi connectivity index (χ2n) is 6.04. The molecular weight excluding hydrogens is 238 g/mol. The molecule has 3 unspecified atom stereocenters. The maximum Gasteiger partial charge on any atom is 0.0263 e. The summed E-state index contributed by atoms with van der Waals surface area (Å²) in [6, 6.07) is 9.70. The van der Waals surface area contributed by atoms with Gasteiger partial charge in [0.15, 0.2) is 0 Å². The number of piperidine rings is 1. The summed E-state index contributed by atoms with van der Waals surface area (Å²) >= 11 is 2.09. The van der Waals surface area contributed by atoms with Crippen LogP contribution in [0, 0.1) is 5.92 Å². The average Bonchev–Trinajstić information content (AvgIpc) is 2.76. The third-order valence-electron chi connectivity index (χ3n) is 4.40. The van der Waals surface area contributed by atoms with Crippen molar-refractivity contribution in [2.24, 2.45) is 5.92 Å². The largest absolute Gasteiger partial charge is 0.299 e. The molecule has 1 aromatic rings. The first-order valence-electron chi connectivity index (χ1n) is 7.21. The van der Waals surface area contributed by atoms with Crippen molar-refractivity contribution < 1.29 is 0 Å². The molecule has 2 aliphatic heterocycles. The standard InChI is InChI=1S/C16H23NS/c1-12-7-8-13(2)17(10-12)11-15-9-14-5-3-4-6-16(14)18-15/h3-6,12-13,15H,7-11H2,1-2H3. The molecule has 0 spiro atoms. The molecule has 0 saturated carbocycles. The minimum absolute atomic E-state index is 0.773. The maximum absolute atomic E-state index is 2.72. The van der Waals surface area contributed by atoms with Gasteiger partial charge in [0, 0.05) is 29.3 Å². The SMILES string of the molecule is CC1CCC(C)N(CC2Cc3ccccc3S2)C1. The van der Waals surface area contributed by atoms with E-state index in [-0.39, 0.29) is 0 Å². The van der Waals surface area contributed by atoms with E-state index in [0.717, 1.165) is 17.2 Å². The molecule has 3 atom stereocenters. The van der Waals surface area contributed by atoms with E-state index in [2.05, 4.69) is 54.8 Å². The van der Waals surface area contributed by atoms with Crippen LogP contribution in [0.2, 0.25) is 0 Å². The van der Waals surface area contributed by atoms with Gasteiger partial charge < -0.3 is 0 Å². The average molecular weight is 261 g/mol. The van der Waals surface area contributed by atoms with E-state index in [1.165, 1.54) is 37.2 Å². The van der Waals surface area contributed by atoms with Gasteiger partial charge in [-0.25, -0.2) is 0 Å². The number of rotatable bonds is 2. The van der Waals surface area contributed by atoms with E-state index < -0.39 is 0 Å². The van der Waals surface area contributed by atoms with E-state index >= 15 is 0 Å². The second-order valence-corrected chi connectivity index (χ2v) is 7.38. The smallest absolute Gasteiger partial charge is 0.0263 e. The molecule has 2 heteroatoms. The zero-order valence-electron chi connectivity index (χ0n) is 11.4. The lowest BCUT2D eigenvalue weighted by atomic mass is 9.94. The quantitative estimate of drug-likeness (QED) is 0.796. The van der Waals surface area contributed by atoms with Crippen molar-refractivity contribution >= 4 is 11.8 Å². The summed E-state index contributed by atoms with van der Waals surface area (Å²) in [5.41, 5.74) is 1.56. The molecule has 0 aromatic heterocycles. The molecular formula is C16H23NS. The Morgan fingerprint density at radius 2 is 2.06 bits per heavy atom. The van der Waals surface area contributed by atoms with Crippen molar-refractivity contribution in [3.8, 4) is 0 Å². The van der Waals surface area contributed by atoms with Gasteiger partial charge in [-0.05, 0) is 43.7 Å². The number of hydrogen-bond donors (Lipinski definition) is 0. The fourth-order valence-electron chi connectivity index (χ4n) is 3.25. The molecule has 0 radical (unpaired) electrons. The molecule has 1 saturated heterocycles. The van der Waals surface area contributed by atoms with Crippen LogP contribution in [0.25, 0.3) is 0 Å². The highest BCUT2D eigenvalue weighted by Crippen LogP contribution is 2.37. The van der Waals surface area contributed by atoms with Crippen molar-refractivity contribution in [3.05, 3.63) is 29.8 Å². The summed E-state index contributed by atoms with van der Waals surface area (Å²) in [6.07, 6.45) is 4.06. The van der Waals surface area contributed by atoms with Crippen molar-refractivity contribution in [1.29, 1.82) is 0 Å². The molecule has 98 valence electrons. The molecule has 18 heavy (non-hydrogen) atoms. The highest BCUT2D eigenvalue weighted by Gasteiger charge is 2.28. The summed E-state index contributed by atoms with van der Waals surface area (Å²) in [4.78, 5) is 4.23. The van der Waals surface area contributed by atoms with Crippen LogP contribution in [0.3, 0.4) is 0 Å². The van der Waals surface area contributed by atoms with Crippen LogP contribution in [0.5, 0.6) is 0 Å². The van der Waals surface area contributed by atoms with Crippen LogP contribution >= 0.6 is 11.8 Å². The van der Waals surface area contributed by atoms with Gasteiger partial charge in [0.2, 0.25) is 0 Å². The van der Waals surface area contributed by atoms with Gasteiger partial charge in [-0.1, -0.05) is 25.1 Å². The Balaban J connectivity index is 1.62. The van der Waals surface area contributed by atoms with E-state index in [1.807, 2.05) is 0 Å². The molecule has 1 nitrogen and oxygen atoms in total. The lowest BCUT2D eigenvalue weighted by molar-refractivity contribution is 0.126. The van der Waals surface area contributed by atoms with E-state index in [9.17, 15) is 0 Å². The Morgan fingerprint density at radius 3 is 2.89 bits per heavy atom. The normalized spacial score (nSPS) is 32.4. The van der Waals surface area contributed by atoms with Crippen LogP contribution in [0.4, 0.5) is 0 Å². The molecule has 2 aliphatic rings. The van der Waals surface area contributed by atoms with E-state index in [0.29, 0.717) is 0 Å². The summed E-state index contributed by atoms with van der Waals surface area (Å²) in [5.74, 6) is 0.884. The zero-order valence-corrected chi connectivity index (χ0v) is 12.2. The van der Waals surface area contributed by atoms with Gasteiger partial charge in [-0.2, -0.15) is 0 Å². The van der Waals surface area contributed by atoms with Gasteiger partial charge in [0.1, 0.15) is 0 Å². The van der Waals surface area contributed by atoms with Crippen LogP contribution < -0.4 is 0 Å². The van der Waals surface area contributed by atoms with Crippen molar-refractivity contribution in [1.82, 2.24) is 4.90 Å². The van der Waals surface area contributed by atoms with Gasteiger partial charge in [0.25, 0.3) is 0 Å². The second kappa shape index (κ2) is 5.26. The third-order valence-corrected chi connectivity index (χ3v) is 5.70. The number of fused-ring (bicyclic) bond motifs is 1. The fourth-order valence-corrected chi connectivity index (χ4v) is 4.60. The minimum atomic E-state index is 0.773. The highest BCUT2D eigenvalue weighted by atomic mass is 32.2. The minimum Gasteiger partial charge on any atom is -0.299 e. The molecule has 0 amide bonds. The van der Waals surface area contributed by atoms with Crippen molar-refractivity contribution in [2.75, 3.05) is 13.1 Å². The zero-order chi connectivity index (χ0) is 12.5. The van der Waals surface area contributed by atoms with E-state index in [4.69, 9.17) is 0 Å². The Kier molecular flexibility index (Phi) is 3.67. The summed E-state index contributed by atoms with van der Waals surface area (Å²) in [6.45, 7) is 7.37.